The molecule has 0 saturated carbocycles. The number of hydrogen-bond donors (Lipinski definition) is 3. The molecule has 0 aliphatic rings. The summed E-state index contributed by atoms with van der Waals surface area (Å²) in [6.45, 7) is 1.38. The van der Waals surface area contributed by atoms with Gasteiger partial charge in [0, 0.05) is 23.6 Å². The molecule has 4 rings (SSSR count). The van der Waals surface area contributed by atoms with Gasteiger partial charge in [0.15, 0.2) is 5.76 Å². The molecule has 0 aliphatic carbocycles. The highest BCUT2D eigenvalue weighted by Crippen LogP contribution is 2.25. The number of nitrogens with zero attached hydrogens (tertiary/aromatic N) is 1. The molecule has 154 valence electrons. The second kappa shape index (κ2) is 8.50. The van der Waals surface area contributed by atoms with Crippen LogP contribution in [-0.4, -0.2) is 22.7 Å². The van der Waals surface area contributed by atoms with Crippen molar-refractivity contribution in [2.45, 2.75) is 6.92 Å². The van der Waals surface area contributed by atoms with E-state index in [1.54, 1.807) is 54.6 Å². The van der Waals surface area contributed by atoms with Gasteiger partial charge < -0.3 is 9.73 Å². The Morgan fingerprint density at radius 2 is 1.68 bits per heavy atom. The Morgan fingerprint density at radius 1 is 0.871 bits per heavy atom. The lowest BCUT2D eigenvalue weighted by atomic mass is 10.1. The number of rotatable bonds is 4. The number of hydrogen-bond acceptors (Lipinski definition) is 5. The second-order valence-electron chi connectivity index (χ2n) is 6.72. The van der Waals surface area contributed by atoms with Gasteiger partial charge in [-0.3, -0.25) is 25.2 Å². The van der Waals surface area contributed by atoms with Crippen molar-refractivity contribution in [2.24, 2.45) is 0 Å². The van der Waals surface area contributed by atoms with Gasteiger partial charge >= 0.3 is 0 Å². The molecule has 2 aromatic heterocycles. The van der Waals surface area contributed by atoms with Crippen molar-refractivity contribution in [3.63, 3.8) is 0 Å². The van der Waals surface area contributed by atoms with E-state index in [9.17, 15) is 14.4 Å². The number of anilines is 1. The summed E-state index contributed by atoms with van der Waals surface area (Å²) < 4.78 is 5.40. The molecular weight excluding hydrogens is 396 g/mol. The van der Waals surface area contributed by atoms with Gasteiger partial charge in [0.2, 0.25) is 5.91 Å². The fourth-order valence-electron chi connectivity index (χ4n) is 3.11. The first-order chi connectivity index (χ1) is 15.0. The van der Waals surface area contributed by atoms with E-state index in [-0.39, 0.29) is 11.5 Å². The number of hydrazine groups is 1. The first-order valence-electron chi connectivity index (χ1n) is 9.43. The Kier molecular flexibility index (Phi) is 5.44. The number of para-hydroxylation sites is 1. The Bertz CT molecular complexity index is 1280. The highest BCUT2D eigenvalue weighted by Gasteiger charge is 2.16. The smallest absolute Gasteiger partial charge is 0.270 e. The van der Waals surface area contributed by atoms with E-state index < -0.39 is 11.8 Å². The zero-order chi connectivity index (χ0) is 21.8. The lowest BCUT2D eigenvalue weighted by Crippen LogP contribution is -2.41. The first kappa shape index (κ1) is 19.8. The zero-order valence-corrected chi connectivity index (χ0v) is 16.5. The van der Waals surface area contributed by atoms with Crippen LogP contribution < -0.4 is 16.2 Å². The minimum Gasteiger partial charge on any atom is -0.463 e. The molecule has 0 unspecified atom stereocenters. The van der Waals surface area contributed by atoms with Crippen LogP contribution in [0.1, 0.15) is 27.6 Å². The van der Waals surface area contributed by atoms with Gasteiger partial charge in [0.1, 0.15) is 5.69 Å². The second-order valence-corrected chi connectivity index (χ2v) is 6.72. The summed E-state index contributed by atoms with van der Waals surface area (Å²) in [6.07, 6.45) is 1.53. The van der Waals surface area contributed by atoms with Gasteiger partial charge in [-0.25, -0.2) is 4.98 Å². The molecule has 0 saturated heterocycles. The molecule has 0 radical (unpaired) electrons. The third kappa shape index (κ3) is 4.43. The molecule has 3 N–H and O–H groups in total. The minimum absolute atomic E-state index is 0.247. The normalized spacial score (nSPS) is 10.5. The van der Waals surface area contributed by atoms with Gasteiger partial charge in [-0.15, -0.1) is 0 Å². The average Bonchev–Trinajstić information content (AvgIpc) is 3.31. The van der Waals surface area contributed by atoms with Crippen molar-refractivity contribution in [3.05, 3.63) is 84.1 Å². The molecule has 0 spiro atoms. The van der Waals surface area contributed by atoms with Crippen LogP contribution in [0.5, 0.6) is 0 Å². The third-order valence-electron chi connectivity index (χ3n) is 4.47. The maximum Gasteiger partial charge on any atom is 0.270 e. The molecule has 0 aliphatic heterocycles. The van der Waals surface area contributed by atoms with Gasteiger partial charge in [-0.1, -0.05) is 24.3 Å². The summed E-state index contributed by atoms with van der Waals surface area (Å²) in [5, 5.41) is 3.24. The van der Waals surface area contributed by atoms with Crippen molar-refractivity contribution in [2.75, 3.05) is 5.32 Å². The van der Waals surface area contributed by atoms with Gasteiger partial charge in [0.25, 0.3) is 11.8 Å². The predicted octanol–water partition coefficient (Wildman–Crippen LogP) is 3.53. The number of furan rings is 1. The van der Waals surface area contributed by atoms with Crippen LogP contribution in [0, 0.1) is 0 Å². The summed E-state index contributed by atoms with van der Waals surface area (Å²) in [4.78, 5) is 41.1. The monoisotopic (exact) mass is 414 g/mol. The minimum atomic E-state index is -0.523. The number of fused-ring (bicyclic) bond motifs is 1. The van der Waals surface area contributed by atoms with Crippen LogP contribution in [0.15, 0.2) is 77.4 Å². The Morgan fingerprint density at radius 3 is 2.45 bits per heavy atom. The van der Waals surface area contributed by atoms with E-state index in [0.717, 1.165) is 0 Å². The van der Waals surface area contributed by atoms with E-state index in [1.807, 2.05) is 6.07 Å². The van der Waals surface area contributed by atoms with E-state index in [1.165, 1.54) is 19.3 Å². The Hall–Kier alpha value is -4.46. The van der Waals surface area contributed by atoms with Crippen molar-refractivity contribution in [1.29, 1.82) is 0 Å². The molecule has 2 aromatic carbocycles. The molecule has 4 aromatic rings. The standard InChI is InChI=1S/C23H18N4O4/c1-14(28)24-16-7-4-6-15(12-16)22(29)26-27-23(30)18-13-20(21-10-5-11-31-21)25-19-9-3-2-8-17(18)19/h2-13H,1H3,(H,24,28)(H,26,29)(H,27,30). The van der Waals surface area contributed by atoms with Gasteiger partial charge in [-0.2, -0.15) is 0 Å². The van der Waals surface area contributed by atoms with Crippen LogP contribution in [0.2, 0.25) is 0 Å². The molecule has 0 fully saturated rings. The molecule has 8 nitrogen and oxygen atoms in total. The third-order valence-corrected chi connectivity index (χ3v) is 4.47. The van der Waals surface area contributed by atoms with Crippen LogP contribution in [-0.2, 0) is 4.79 Å². The van der Waals surface area contributed by atoms with Gasteiger partial charge in [-0.05, 0) is 42.5 Å². The van der Waals surface area contributed by atoms with E-state index in [0.29, 0.717) is 33.6 Å². The summed E-state index contributed by atoms with van der Waals surface area (Å²) >= 11 is 0. The van der Waals surface area contributed by atoms with E-state index >= 15 is 0 Å². The Balaban J connectivity index is 1.56. The molecule has 3 amide bonds. The SMILES string of the molecule is CC(=O)Nc1cccc(C(=O)NNC(=O)c2cc(-c3ccco3)nc3ccccc23)c1. The number of carbonyl (C=O) groups excluding carboxylic acids is 3. The lowest BCUT2D eigenvalue weighted by molar-refractivity contribution is -0.114. The predicted molar refractivity (Wildman–Crippen MR) is 115 cm³/mol. The summed E-state index contributed by atoms with van der Waals surface area (Å²) in [5.41, 5.74) is 7.06. The maximum atomic E-state index is 12.9. The number of aromatic nitrogens is 1. The Labute approximate surface area is 177 Å². The molecule has 31 heavy (non-hydrogen) atoms. The topological polar surface area (TPSA) is 113 Å². The first-order valence-corrected chi connectivity index (χ1v) is 9.43. The van der Waals surface area contributed by atoms with Crippen molar-refractivity contribution < 1.29 is 18.8 Å². The van der Waals surface area contributed by atoms with Gasteiger partial charge in [0.05, 0.1) is 17.3 Å². The number of nitrogens with one attached hydrogen (secondary N) is 3. The van der Waals surface area contributed by atoms with Crippen LogP contribution in [0.4, 0.5) is 5.69 Å². The molecular formula is C23H18N4O4. The zero-order valence-electron chi connectivity index (χ0n) is 16.5. The number of carbonyl (C=O) groups is 3. The van der Waals surface area contributed by atoms with Crippen molar-refractivity contribution >= 4 is 34.3 Å². The molecule has 0 bridgehead atoms. The summed E-state index contributed by atoms with van der Waals surface area (Å²) in [5.74, 6) is -0.746. The van der Waals surface area contributed by atoms with E-state index in [2.05, 4.69) is 21.2 Å². The molecule has 2 heterocycles. The summed E-state index contributed by atoms with van der Waals surface area (Å²) in [7, 11) is 0. The quantitative estimate of drug-likeness (QED) is 0.442. The maximum absolute atomic E-state index is 12.9. The van der Waals surface area contributed by atoms with Crippen LogP contribution >= 0.6 is 0 Å². The summed E-state index contributed by atoms with van der Waals surface area (Å²) in [6, 6.07) is 18.7. The fraction of sp³-hybridized carbons (Fsp3) is 0.0435. The number of amides is 3. The number of pyridine rings is 1. The highest BCUT2D eigenvalue weighted by atomic mass is 16.3. The highest BCUT2D eigenvalue weighted by molar-refractivity contribution is 6.08. The largest absolute Gasteiger partial charge is 0.463 e. The van der Waals surface area contributed by atoms with Crippen LogP contribution in [0.25, 0.3) is 22.4 Å². The number of benzene rings is 2. The van der Waals surface area contributed by atoms with Crippen molar-refractivity contribution in [3.8, 4) is 11.5 Å². The fourth-order valence-corrected chi connectivity index (χ4v) is 3.11. The van der Waals surface area contributed by atoms with E-state index in [4.69, 9.17) is 4.42 Å². The lowest BCUT2D eigenvalue weighted by Gasteiger charge is -2.11. The van der Waals surface area contributed by atoms with Crippen LogP contribution in [0.3, 0.4) is 0 Å². The molecule has 8 heteroatoms. The van der Waals surface area contributed by atoms with Crippen molar-refractivity contribution in [1.82, 2.24) is 15.8 Å². The molecule has 0 atom stereocenters. The average molecular weight is 414 g/mol.